The second-order valence-corrected chi connectivity index (χ2v) is 7.01. The number of sulfonamides is 1. The molecule has 8 heteroatoms. The highest BCUT2D eigenvalue weighted by molar-refractivity contribution is 7.89. The largest absolute Gasteiger partial charge is 0.271 e. The molecule has 1 amide bonds. The maximum Gasteiger partial charge on any atom is 0.271 e. The van der Waals surface area contributed by atoms with Gasteiger partial charge >= 0.3 is 0 Å². The predicted octanol–water partition coefficient (Wildman–Crippen LogP) is 1.88. The molecule has 1 N–H and O–H groups in total. The minimum atomic E-state index is -3.62. The number of pyridine rings is 1. The fourth-order valence-electron chi connectivity index (χ4n) is 2.18. The molecule has 1 heterocycles. The summed E-state index contributed by atoms with van der Waals surface area (Å²) in [4.78, 5) is 16.3. The first-order valence-electron chi connectivity index (χ1n) is 7.83. The lowest BCUT2D eigenvalue weighted by Gasteiger charge is -2.18. The molecule has 25 heavy (non-hydrogen) atoms. The van der Waals surface area contributed by atoms with Gasteiger partial charge in [0.25, 0.3) is 5.91 Å². The van der Waals surface area contributed by atoms with E-state index in [1.54, 1.807) is 38.2 Å². The second kappa shape index (κ2) is 8.50. The van der Waals surface area contributed by atoms with Crippen molar-refractivity contribution in [1.29, 1.82) is 0 Å². The number of nitrogens with zero attached hydrogens (tertiary/aromatic N) is 3. The molecule has 132 valence electrons. The number of nitrogens with one attached hydrogen (secondary N) is 1. The van der Waals surface area contributed by atoms with Gasteiger partial charge in [0.2, 0.25) is 10.0 Å². The molecule has 1 aromatic heterocycles. The van der Waals surface area contributed by atoms with E-state index in [9.17, 15) is 13.2 Å². The third-order valence-electron chi connectivity index (χ3n) is 3.49. The minimum Gasteiger partial charge on any atom is -0.267 e. The Morgan fingerprint density at radius 3 is 2.60 bits per heavy atom. The number of aromatic nitrogens is 1. The number of amides is 1. The summed E-state index contributed by atoms with van der Waals surface area (Å²) in [6, 6.07) is 11.2. The van der Waals surface area contributed by atoms with Crippen LogP contribution in [0.4, 0.5) is 0 Å². The molecule has 0 spiro atoms. The van der Waals surface area contributed by atoms with Crippen molar-refractivity contribution in [1.82, 2.24) is 14.7 Å². The summed E-state index contributed by atoms with van der Waals surface area (Å²) < 4.78 is 26.4. The van der Waals surface area contributed by atoms with E-state index in [2.05, 4.69) is 15.5 Å². The smallest absolute Gasteiger partial charge is 0.267 e. The first-order chi connectivity index (χ1) is 12.0. The fraction of sp³-hybridized carbons (Fsp3) is 0.235. The van der Waals surface area contributed by atoms with E-state index in [-0.39, 0.29) is 10.5 Å². The number of carbonyl (C=O) groups is 1. The van der Waals surface area contributed by atoms with Gasteiger partial charge in [-0.05, 0) is 30.3 Å². The molecule has 0 radical (unpaired) electrons. The molecule has 2 rings (SSSR count). The Labute approximate surface area is 147 Å². The summed E-state index contributed by atoms with van der Waals surface area (Å²) in [5, 5.41) is 3.83. The highest BCUT2D eigenvalue weighted by atomic mass is 32.2. The average Bonchev–Trinajstić information content (AvgIpc) is 2.63. The van der Waals surface area contributed by atoms with Crippen molar-refractivity contribution >= 4 is 22.1 Å². The van der Waals surface area contributed by atoms with Crippen LogP contribution in [0.2, 0.25) is 0 Å². The summed E-state index contributed by atoms with van der Waals surface area (Å²) >= 11 is 0. The summed E-state index contributed by atoms with van der Waals surface area (Å²) in [6.45, 7) is 4.27. The summed E-state index contributed by atoms with van der Waals surface area (Å²) in [5.74, 6) is -0.497. The van der Waals surface area contributed by atoms with Crippen LogP contribution < -0.4 is 5.43 Å². The van der Waals surface area contributed by atoms with Crippen molar-refractivity contribution in [3.8, 4) is 0 Å². The zero-order chi connectivity index (χ0) is 18.3. The van der Waals surface area contributed by atoms with E-state index < -0.39 is 15.9 Å². The van der Waals surface area contributed by atoms with Gasteiger partial charge in [0.15, 0.2) is 0 Å². The van der Waals surface area contributed by atoms with E-state index in [4.69, 9.17) is 0 Å². The van der Waals surface area contributed by atoms with Crippen LogP contribution in [-0.4, -0.2) is 42.9 Å². The average molecular weight is 360 g/mol. The van der Waals surface area contributed by atoms with Gasteiger partial charge in [-0.1, -0.05) is 26.0 Å². The number of hydrazone groups is 1. The number of rotatable bonds is 7. The van der Waals surface area contributed by atoms with Crippen molar-refractivity contribution in [2.75, 3.05) is 13.1 Å². The molecule has 0 saturated carbocycles. The van der Waals surface area contributed by atoms with Crippen LogP contribution in [0, 0.1) is 0 Å². The molecule has 0 aliphatic carbocycles. The highest BCUT2D eigenvalue weighted by Crippen LogP contribution is 2.16. The van der Waals surface area contributed by atoms with Crippen LogP contribution in [-0.2, 0) is 10.0 Å². The molecule has 0 unspecified atom stereocenters. The monoisotopic (exact) mass is 360 g/mol. The zero-order valence-corrected chi connectivity index (χ0v) is 14.9. The van der Waals surface area contributed by atoms with Crippen molar-refractivity contribution < 1.29 is 13.2 Å². The lowest BCUT2D eigenvalue weighted by atomic mass is 10.2. The Kier molecular flexibility index (Phi) is 6.37. The van der Waals surface area contributed by atoms with Crippen molar-refractivity contribution in [3.05, 3.63) is 59.9 Å². The molecule has 0 saturated heterocycles. The van der Waals surface area contributed by atoms with Gasteiger partial charge < -0.3 is 0 Å². The Balaban J connectivity index is 2.15. The Hall–Kier alpha value is -2.58. The first-order valence-corrected chi connectivity index (χ1v) is 9.27. The van der Waals surface area contributed by atoms with E-state index in [1.807, 2.05) is 0 Å². The van der Waals surface area contributed by atoms with Crippen LogP contribution in [0.25, 0.3) is 0 Å². The molecule has 0 aliphatic heterocycles. The van der Waals surface area contributed by atoms with Crippen LogP contribution in [0.5, 0.6) is 0 Å². The predicted molar refractivity (Wildman–Crippen MR) is 95.8 cm³/mol. The fourth-order valence-corrected chi connectivity index (χ4v) is 3.69. The molecule has 7 nitrogen and oxygen atoms in total. The molecule has 2 aromatic rings. The Morgan fingerprint density at radius 1 is 1.20 bits per heavy atom. The number of benzene rings is 1. The van der Waals surface area contributed by atoms with Gasteiger partial charge in [-0.15, -0.1) is 0 Å². The molecular weight excluding hydrogens is 340 g/mol. The van der Waals surface area contributed by atoms with Crippen molar-refractivity contribution in [3.63, 3.8) is 0 Å². The standard InChI is InChI=1S/C17H20N4O3S/c1-3-21(4-2)25(23,24)16-10-7-8-14(12-16)17(22)20-19-13-15-9-5-6-11-18-15/h5-13H,3-4H2,1-2H3,(H,20,22). The number of carbonyl (C=O) groups excluding carboxylic acids is 1. The summed E-state index contributed by atoms with van der Waals surface area (Å²) in [7, 11) is -3.62. The SMILES string of the molecule is CCN(CC)S(=O)(=O)c1cccc(C(=O)NN=Cc2ccccn2)c1. The van der Waals surface area contributed by atoms with Gasteiger partial charge in [-0.25, -0.2) is 13.8 Å². The van der Waals surface area contributed by atoms with Gasteiger partial charge in [0, 0.05) is 24.8 Å². The van der Waals surface area contributed by atoms with Crippen LogP contribution in [0.15, 0.2) is 58.7 Å². The van der Waals surface area contributed by atoms with Crippen molar-refractivity contribution in [2.24, 2.45) is 5.10 Å². The first kappa shape index (κ1) is 18.8. The van der Waals surface area contributed by atoms with Gasteiger partial charge in [-0.3, -0.25) is 9.78 Å². The minimum absolute atomic E-state index is 0.0811. The molecule has 1 aromatic carbocycles. The Morgan fingerprint density at radius 2 is 1.96 bits per heavy atom. The second-order valence-electron chi connectivity index (χ2n) is 5.07. The van der Waals surface area contributed by atoms with Crippen LogP contribution in [0.1, 0.15) is 29.9 Å². The normalized spacial score (nSPS) is 11.8. The van der Waals surface area contributed by atoms with Gasteiger partial charge in [-0.2, -0.15) is 9.41 Å². The molecule has 0 bridgehead atoms. The summed E-state index contributed by atoms with van der Waals surface area (Å²) in [5.41, 5.74) is 3.18. The van der Waals surface area contributed by atoms with E-state index in [1.165, 1.54) is 34.8 Å². The van der Waals surface area contributed by atoms with E-state index >= 15 is 0 Å². The molecule has 0 atom stereocenters. The zero-order valence-electron chi connectivity index (χ0n) is 14.1. The summed E-state index contributed by atoms with van der Waals surface area (Å²) in [6.07, 6.45) is 3.03. The molecular formula is C17H20N4O3S. The van der Waals surface area contributed by atoms with Crippen molar-refractivity contribution in [2.45, 2.75) is 18.7 Å². The lowest BCUT2D eigenvalue weighted by Crippen LogP contribution is -2.30. The van der Waals surface area contributed by atoms with Crippen LogP contribution >= 0.6 is 0 Å². The van der Waals surface area contributed by atoms with E-state index in [0.29, 0.717) is 18.8 Å². The lowest BCUT2D eigenvalue weighted by molar-refractivity contribution is 0.0955. The topological polar surface area (TPSA) is 91.7 Å². The van der Waals surface area contributed by atoms with Gasteiger partial charge in [0.1, 0.15) is 0 Å². The quantitative estimate of drug-likeness (QED) is 0.603. The number of hydrogen-bond acceptors (Lipinski definition) is 5. The van der Waals surface area contributed by atoms with Gasteiger partial charge in [0.05, 0.1) is 16.8 Å². The highest BCUT2D eigenvalue weighted by Gasteiger charge is 2.22. The third-order valence-corrected chi connectivity index (χ3v) is 5.54. The molecule has 0 fully saturated rings. The Bertz CT molecular complexity index is 847. The maximum absolute atomic E-state index is 12.5. The van der Waals surface area contributed by atoms with E-state index in [0.717, 1.165) is 0 Å². The van der Waals surface area contributed by atoms with Crippen LogP contribution in [0.3, 0.4) is 0 Å². The number of hydrogen-bond donors (Lipinski definition) is 1. The maximum atomic E-state index is 12.5. The third kappa shape index (κ3) is 4.71. The molecule has 0 aliphatic rings.